The maximum Gasteiger partial charge on any atom is 0.320 e. The molecular weight excluding hydrogens is 244 g/mol. The van der Waals surface area contributed by atoms with E-state index in [1.807, 2.05) is 9.80 Å². The fraction of sp³-hybridized carbons (Fsp3) is 0.857. The molecule has 5 heteroatoms. The largest absolute Gasteiger partial charge is 0.481 e. The van der Waals surface area contributed by atoms with Gasteiger partial charge in [0.05, 0.1) is 0 Å². The van der Waals surface area contributed by atoms with Crippen LogP contribution in [0.2, 0.25) is 0 Å². The molecule has 0 bridgehead atoms. The van der Waals surface area contributed by atoms with Crippen molar-refractivity contribution in [2.24, 2.45) is 17.8 Å². The molecule has 0 aliphatic carbocycles. The third-order valence-electron chi connectivity index (χ3n) is 4.16. The van der Waals surface area contributed by atoms with Gasteiger partial charge in [-0.15, -0.1) is 0 Å². The van der Waals surface area contributed by atoms with E-state index in [2.05, 4.69) is 13.8 Å². The van der Waals surface area contributed by atoms with Crippen LogP contribution >= 0.6 is 0 Å². The first kappa shape index (κ1) is 14.2. The molecule has 0 aromatic heterocycles. The number of likely N-dealkylation sites (tertiary alicyclic amines) is 2. The highest BCUT2D eigenvalue weighted by atomic mass is 16.4. The van der Waals surface area contributed by atoms with Crippen LogP contribution in [0.1, 0.15) is 33.1 Å². The van der Waals surface area contributed by atoms with E-state index in [1.54, 1.807) is 0 Å². The summed E-state index contributed by atoms with van der Waals surface area (Å²) in [7, 11) is 0. The molecule has 0 saturated carbocycles. The van der Waals surface area contributed by atoms with Gasteiger partial charge in [-0.3, -0.25) is 4.79 Å². The van der Waals surface area contributed by atoms with E-state index in [-0.39, 0.29) is 18.4 Å². The Bertz CT molecular complexity index is 349. The van der Waals surface area contributed by atoms with Gasteiger partial charge < -0.3 is 14.9 Å². The average Bonchev–Trinajstić information content (AvgIpc) is 2.74. The summed E-state index contributed by atoms with van der Waals surface area (Å²) in [5.41, 5.74) is 0. The normalized spacial score (nSPS) is 31.6. The lowest BCUT2D eigenvalue weighted by atomic mass is 9.92. The molecule has 5 nitrogen and oxygen atoms in total. The highest BCUT2D eigenvalue weighted by Crippen LogP contribution is 2.25. The van der Waals surface area contributed by atoms with Crippen molar-refractivity contribution in [1.82, 2.24) is 9.80 Å². The zero-order valence-electron chi connectivity index (χ0n) is 11.8. The zero-order chi connectivity index (χ0) is 14.0. The lowest BCUT2D eigenvalue weighted by Crippen LogP contribution is -2.48. The van der Waals surface area contributed by atoms with E-state index >= 15 is 0 Å². The summed E-state index contributed by atoms with van der Waals surface area (Å²) in [4.78, 5) is 26.9. The Kier molecular flexibility index (Phi) is 4.32. The minimum Gasteiger partial charge on any atom is -0.481 e. The molecule has 2 heterocycles. The molecule has 1 N–H and O–H groups in total. The maximum atomic E-state index is 12.4. The average molecular weight is 268 g/mol. The van der Waals surface area contributed by atoms with Crippen molar-refractivity contribution in [3.63, 3.8) is 0 Å². The van der Waals surface area contributed by atoms with Gasteiger partial charge in [0, 0.05) is 32.6 Å². The Morgan fingerprint density at radius 2 is 1.74 bits per heavy atom. The molecule has 2 rings (SSSR count). The fourth-order valence-corrected chi connectivity index (χ4v) is 3.44. The second-order valence-electron chi connectivity index (χ2n) is 6.33. The zero-order valence-corrected chi connectivity index (χ0v) is 11.8. The van der Waals surface area contributed by atoms with Crippen LogP contribution in [0.25, 0.3) is 0 Å². The second kappa shape index (κ2) is 5.80. The molecule has 19 heavy (non-hydrogen) atoms. The minimum absolute atomic E-state index is 0.103. The maximum absolute atomic E-state index is 12.4. The second-order valence-corrected chi connectivity index (χ2v) is 6.33. The van der Waals surface area contributed by atoms with E-state index < -0.39 is 5.97 Å². The molecule has 2 amide bonds. The number of carboxylic acids is 1. The molecule has 2 saturated heterocycles. The smallest absolute Gasteiger partial charge is 0.320 e. The number of amides is 2. The number of carbonyl (C=O) groups excluding carboxylic acids is 1. The fourth-order valence-electron chi connectivity index (χ4n) is 3.44. The summed E-state index contributed by atoms with van der Waals surface area (Å²) in [6.07, 6.45) is 2.18. The molecule has 0 radical (unpaired) electrons. The van der Waals surface area contributed by atoms with E-state index in [1.165, 1.54) is 6.42 Å². The van der Waals surface area contributed by atoms with E-state index in [4.69, 9.17) is 5.11 Å². The molecule has 0 spiro atoms. The van der Waals surface area contributed by atoms with Crippen LogP contribution in [0.4, 0.5) is 4.79 Å². The van der Waals surface area contributed by atoms with Gasteiger partial charge >= 0.3 is 12.0 Å². The summed E-state index contributed by atoms with van der Waals surface area (Å²) < 4.78 is 0. The third kappa shape index (κ3) is 3.61. The Morgan fingerprint density at radius 3 is 2.32 bits per heavy atom. The number of carboxylic acid groups (broad SMARTS) is 1. The molecule has 3 atom stereocenters. The number of nitrogens with zero attached hydrogens (tertiary/aromatic N) is 2. The van der Waals surface area contributed by atoms with Gasteiger partial charge in [0.15, 0.2) is 0 Å². The first-order valence-electron chi connectivity index (χ1n) is 7.21. The summed E-state index contributed by atoms with van der Waals surface area (Å²) in [5, 5.41) is 8.80. The number of hydrogen-bond donors (Lipinski definition) is 1. The van der Waals surface area contributed by atoms with Crippen molar-refractivity contribution >= 4 is 12.0 Å². The number of urea groups is 1. The SMILES string of the molecule is CC1CC(C)CN(C(=O)N2CCC(CC(=O)O)C2)C1. The lowest BCUT2D eigenvalue weighted by Gasteiger charge is -2.37. The Morgan fingerprint density at radius 1 is 1.11 bits per heavy atom. The van der Waals surface area contributed by atoms with Crippen LogP contribution in [0.3, 0.4) is 0 Å². The molecule has 2 aliphatic rings. The van der Waals surface area contributed by atoms with Gasteiger partial charge in [-0.25, -0.2) is 4.79 Å². The Balaban J connectivity index is 1.88. The number of piperidine rings is 1. The van der Waals surface area contributed by atoms with Crippen LogP contribution in [0.15, 0.2) is 0 Å². The van der Waals surface area contributed by atoms with Crippen LogP contribution in [0, 0.1) is 17.8 Å². The van der Waals surface area contributed by atoms with Crippen molar-refractivity contribution in [3.05, 3.63) is 0 Å². The molecule has 108 valence electrons. The summed E-state index contributed by atoms with van der Waals surface area (Å²) >= 11 is 0. The predicted molar refractivity (Wildman–Crippen MR) is 71.8 cm³/mol. The van der Waals surface area contributed by atoms with Gasteiger partial charge in [-0.2, -0.15) is 0 Å². The highest BCUT2D eigenvalue weighted by molar-refractivity contribution is 5.75. The van der Waals surface area contributed by atoms with Crippen molar-refractivity contribution in [3.8, 4) is 0 Å². The first-order valence-corrected chi connectivity index (χ1v) is 7.21. The summed E-state index contributed by atoms with van der Waals surface area (Å²) in [5.74, 6) is 0.482. The van der Waals surface area contributed by atoms with Crippen LogP contribution in [-0.2, 0) is 4.79 Å². The van der Waals surface area contributed by atoms with Crippen molar-refractivity contribution < 1.29 is 14.7 Å². The van der Waals surface area contributed by atoms with Crippen LogP contribution in [-0.4, -0.2) is 53.1 Å². The molecule has 3 unspecified atom stereocenters. The Hall–Kier alpha value is -1.26. The molecule has 0 aromatic rings. The lowest BCUT2D eigenvalue weighted by molar-refractivity contribution is -0.138. The van der Waals surface area contributed by atoms with Crippen molar-refractivity contribution in [1.29, 1.82) is 0 Å². The van der Waals surface area contributed by atoms with Gasteiger partial charge in [0.1, 0.15) is 0 Å². The minimum atomic E-state index is -0.764. The topological polar surface area (TPSA) is 60.9 Å². The summed E-state index contributed by atoms with van der Waals surface area (Å²) in [6.45, 7) is 7.35. The predicted octanol–water partition coefficient (Wildman–Crippen LogP) is 1.88. The standard InChI is InChI=1S/C14H24N2O3/c1-10-5-11(2)8-16(7-10)14(19)15-4-3-12(9-15)6-13(17)18/h10-12H,3-9H2,1-2H3,(H,17,18). The number of carbonyl (C=O) groups is 2. The van der Waals surface area contributed by atoms with Crippen molar-refractivity contribution in [2.45, 2.75) is 33.1 Å². The number of rotatable bonds is 2. The number of aliphatic carboxylic acids is 1. The van der Waals surface area contributed by atoms with Crippen molar-refractivity contribution in [2.75, 3.05) is 26.2 Å². The molecule has 0 aromatic carbocycles. The van der Waals surface area contributed by atoms with Gasteiger partial charge in [-0.05, 0) is 30.6 Å². The highest BCUT2D eigenvalue weighted by Gasteiger charge is 2.33. The quantitative estimate of drug-likeness (QED) is 0.832. The van der Waals surface area contributed by atoms with Gasteiger partial charge in [0.25, 0.3) is 0 Å². The van der Waals surface area contributed by atoms with E-state index in [9.17, 15) is 9.59 Å². The molecule has 2 fully saturated rings. The third-order valence-corrected chi connectivity index (χ3v) is 4.16. The van der Waals surface area contributed by atoms with Gasteiger partial charge in [0.2, 0.25) is 0 Å². The van der Waals surface area contributed by atoms with Crippen LogP contribution in [0.5, 0.6) is 0 Å². The molecule has 2 aliphatic heterocycles. The number of hydrogen-bond acceptors (Lipinski definition) is 2. The molecular formula is C14H24N2O3. The monoisotopic (exact) mass is 268 g/mol. The van der Waals surface area contributed by atoms with Crippen LogP contribution < -0.4 is 0 Å². The summed E-state index contributed by atoms with van der Waals surface area (Å²) in [6, 6.07) is 0.103. The van der Waals surface area contributed by atoms with E-state index in [0.29, 0.717) is 24.9 Å². The van der Waals surface area contributed by atoms with Gasteiger partial charge in [-0.1, -0.05) is 13.8 Å². The first-order chi connectivity index (χ1) is 8.95. The van der Waals surface area contributed by atoms with E-state index in [0.717, 1.165) is 19.5 Å². The Labute approximate surface area is 114 Å².